The van der Waals surface area contributed by atoms with Gasteiger partial charge in [-0.2, -0.15) is 0 Å². The van der Waals surface area contributed by atoms with E-state index < -0.39 is 0 Å². The zero-order chi connectivity index (χ0) is 19.2. The molecule has 150 valence electrons. The van der Waals surface area contributed by atoms with Crippen LogP contribution >= 0.6 is 15.9 Å². The standard InChI is InChI=1S/C24H37BrN2/c1-2-3-4-5-6-7-8-9-10-11-12-13-14-15-16-17-24-26-22-19-18-21(25)20-23(22)27-24/h9-10,18-20H,2-8,11-17H2,1H3,(H,26,27)/b10-9+. The summed E-state index contributed by atoms with van der Waals surface area (Å²) in [5, 5.41) is 0. The Morgan fingerprint density at radius 1 is 0.852 bits per heavy atom. The first-order valence-electron chi connectivity index (χ1n) is 11.1. The highest BCUT2D eigenvalue weighted by Gasteiger charge is 2.03. The number of rotatable bonds is 15. The van der Waals surface area contributed by atoms with Crippen molar-refractivity contribution < 1.29 is 0 Å². The molecule has 0 unspecified atom stereocenters. The lowest BCUT2D eigenvalue weighted by atomic mass is 10.1. The van der Waals surface area contributed by atoms with Crippen LogP contribution in [0.1, 0.15) is 96.2 Å². The van der Waals surface area contributed by atoms with Crippen molar-refractivity contribution in [3.05, 3.63) is 40.6 Å². The number of nitrogens with zero attached hydrogens (tertiary/aromatic N) is 1. The number of nitrogens with one attached hydrogen (secondary N) is 1. The van der Waals surface area contributed by atoms with Crippen LogP contribution < -0.4 is 0 Å². The van der Waals surface area contributed by atoms with Crippen molar-refractivity contribution in [3.63, 3.8) is 0 Å². The molecular formula is C24H37BrN2. The fourth-order valence-electron chi connectivity index (χ4n) is 3.52. The van der Waals surface area contributed by atoms with Gasteiger partial charge in [0, 0.05) is 10.9 Å². The Hall–Kier alpha value is -1.09. The van der Waals surface area contributed by atoms with E-state index in [1.165, 1.54) is 83.5 Å². The minimum atomic E-state index is 1.06. The number of halogens is 1. The second kappa shape index (κ2) is 14.0. The van der Waals surface area contributed by atoms with E-state index in [9.17, 15) is 0 Å². The minimum Gasteiger partial charge on any atom is -0.342 e. The van der Waals surface area contributed by atoms with E-state index in [-0.39, 0.29) is 0 Å². The molecule has 1 N–H and O–H groups in total. The predicted octanol–water partition coefficient (Wildman–Crippen LogP) is 8.52. The molecule has 2 nitrogen and oxygen atoms in total. The normalized spacial score (nSPS) is 11.8. The van der Waals surface area contributed by atoms with Gasteiger partial charge in [0.05, 0.1) is 11.0 Å². The number of aromatic amines is 1. The molecule has 0 spiro atoms. The SMILES string of the molecule is CCCCCCCC/C=C/CCCCCCCc1nc2ccc(Br)cc2[nH]1. The first-order valence-corrected chi connectivity index (χ1v) is 11.9. The molecule has 0 bridgehead atoms. The number of aromatic nitrogens is 2. The summed E-state index contributed by atoms with van der Waals surface area (Å²) in [7, 11) is 0. The number of fused-ring (bicyclic) bond motifs is 1. The Morgan fingerprint density at radius 2 is 1.48 bits per heavy atom. The summed E-state index contributed by atoms with van der Waals surface area (Å²) in [4.78, 5) is 8.11. The third-order valence-electron chi connectivity index (χ3n) is 5.17. The molecule has 1 aromatic carbocycles. The molecule has 0 amide bonds. The van der Waals surface area contributed by atoms with Crippen LogP contribution in [0.3, 0.4) is 0 Å². The first kappa shape index (κ1) is 22.2. The van der Waals surface area contributed by atoms with Gasteiger partial charge in [0.15, 0.2) is 0 Å². The van der Waals surface area contributed by atoms with Crippen molar-refractivity contribution in [2.24, 2.45) is 0 Å². The molecule has 0 aliphatic carbocycles. The zero-order valence-electron chi connectivity index (χ0n) is 17.1. The molecule has 0 aliphatic rings. The van der Waals surface area contributed by atoms with Gasteiger partial charge < -0.3 is 4.98 Å². The molecule has 0 atom stereocenters. The number of hydrogen-bond acceptors (Lipinski definition) is 1. The van der Waals surface area contributed by atoms with Gasteiger partial charge in [-0.1, -0.05) is 86.4 Å². The molecule has 2 rings (SSSR count). The van der Waals surface area contributed by atoms with E-state index in [1.54, 1.807) is 0 Å². The van der Waals surface area contributed by atoms with Gasteiger partial charge in [0.2, 0.25) is 0 Å². The monoisotopic (exact) mass is 432 g/mol. The highest BCUT2D eigenvalue weighted by molar-refractivity contribution is 9.10. The lowest BCUT2D eigenvalue weighted by Gasteiger charge is -2.00. The van der Waals surface area contributed by atoms with Crippen molar-refractivity contribution in [2.75, 3.05) is 0 Å². The third-order valence-corrected chi connectivity index (χ3v) is 5.66. The highest BCUT2D eigenvalue weighted by atomic mass is 79.9. The molecule has 27 heavy (non-hydrogen) atoms. The molecule has 2 aromatic rings. The van der Waals surface area contributed by atoms with E-state index in [0.717, 1.165) is 27.8 Å². The molecule has 0 radical (unpaired) electrons. The van der Waals surface area contributed by atoms with Crippen LogP contribution in [-0.4, -0.2) is 9.97 Å². The van der Waals surface area contributed by atoms with Gasteiger partial charge in [0.25, 0.3) is 0 Å². The maximum atomic E-state index is 4.67. The average Bonchev–Trinajstić information content (AvgIpc) is 3.06. The van der Waals surface area contributed by atoms with Crippen LogP contribution in [0.2, 0.25) is 0 Å². The first-order chi connectivity index (χ1) is 13.3. The van der Waals surface area contributed by atoms with Crippen LogP contribution in [0, 0.1) is 0 Å². The van der Waals surface area contributed by atoms with Crippen LogP contribution in [0.25, 0.3) is 11.0 Å². The van der Waals surface area contributed by atoms with Gasteiger partial charge in [0.1, 0.15) is 5.82 Å². The van der Waals surface area contributed by atoms with Gasteiger partial charge in [-0.15, -0.1) is 0 Å². The van der Waals surface area contributed by atoms with Crippen molar-refractivity contribution in [2.45, 2.75) is 96.8 Å². The van der Waals surface area contributed by atoms with Gasteiger partial charge in [-0.05, 0) is 50.3 Å². The number of H-pyrrole nitrogens is 1. The number of unbranched alkanes of at least 4 members (excludes halogenated alkanes) is 11. The molecule has 3 heteroatoms. The molecule has 0 saturated carbocycles. The lowest BCUT2D eigenvalue weighted by molar-refractivity contribution is 0.607. The third kappa shape index (κ3) is 9.60. The molecule has 0 aliphatic heterocycles. The Kier molecular flexibility index (Phi) is 11.5. The number of allylic oxidation sites excluding steroid dienone is 2. The molecule has 0 fully saturated rings. The fourth-order valence-corrected chi connectivity index (χ4v) is 3.88. The summed E-state index contributed by atoms with van der Waals surface area (Å²) in [6.07, 6.45) is 23.4. The van der Waals surface area contributed by atoms with E-state index in [2.05, 4.69) is 63.2 Å². The molecule has 0 saturated heterocycles. The van der Waals surface area contributed by atoms with Crippen LogP contribution in [0.15, 0.2) is 34.8 Å². The molecule has 1 aromatic heterocycles. The topological polar surface area (TPSA) is 28.7 Å². The van der Waals surface area contributed by atoms with Crippen molar-refractivity contribution in [3.8, 4) is 0 Å². The predicted molar refractivity (Wildman–Crippen MR) is 122 cm³/mol. The summed E-state index contributed by atoms with van der Waals surface area (Å²) in [5.41, 5.74) is 2.20. The number of imidazole rings is 1. The zero-order valence-corrected chi connectivity index (χ0v) is 18.7. The Bertz CT molecular complexity index is 659. The van der Waals surface area contributed by atoms with Crippen molar-refractivity contribution >= 4 is 27.0 Å². The Morgan fingerprint density at radius 3 is 2.19 bits per heavy atom. The molecular weight excluding hydrogens is 396 g/mol. The second-order valence-corrected chi connectivity index (χ2v) is 8.59. The van der Waals surface area contributed by atoms with Crippen molar-refractivity contribution in [1.29, 1.82) is 0 Å². The summed E-state index contributed by atoms with van der Waals surface area (Å²) in [5.74, 6) is 1.13. The quantitative estimate of drug-likeness (QED) is 0.221. The summed E-state index contributed by atoms with van der Waals surface area (Å²) >= 11 is 3.51. The highest BCUT2D eigenvalue weighted by Crippen LogP contribution is 2.18. The van der Waals surface area contributed by atoms with Gasteiger partial charge in [-0.25, -0.2) is 4.98 Å². The number of hydrogen-bond donors (Lipinski definition) is 1. The van der Waals surface area contributed by atoms with Crippen molar-refractivity contribution in [1.82, 2.24) is 9.97 Å². The maximum Gasteiger partial charge on any atom is 0.107 e. The van der Waals surface area contributed by atoms with E-state index in [0.29, 0.717) is 0 Å². The fraction of sp³-hybridized carbons (Fsp3) is 0.625. The largest absolute Gasteiger partial charge is 0.342 e. The Balaban J connectivity index is 1.41. The summed E-state index contributed by atoms with van der Waals surface area (Å²) in [6.45, 7) is 2.28. The van der Waals surface area contributed by atoms with Gasteiger partial charge >= 0.3 is 0 Å². The average molecular weight is 433 g/mol. The number of benzene rings is 1. The van der Waals surface area contributed by atoms with Gasteiger partial charge in [-0.3, -0.25) is 0 Å². The molecule has 1 heterocycles. The number of aryl methyl sites for hydroxylation is 1. The van der Waals surface area contributed by atoms with Crippen LogP contribution in [0.4, 0.5) is 0 Å². The van der Waals surface area contributed by atoms with E-state index in [1.807, 2.05) is 0 Å². The summed E-state index contributed by atoms with van der Waals surface area (Å²) in [6, 6.07) is 6.22. The van der Waals surface area contributed by atoms with E-state index >= 15 is 0 Å². The maximum absolute atomic E-state index is 4.67. The van der Waals surface area contributed by atoms with Crippen LogP contribution in [0.5, 0.6) is 0 Å². The summed E-state index contributed by atoms with van der Waals surface area (Å²) < 4.78 is 1.10. The second-order valence-electron chi connectivity index (χ2n) is 7.68. The minimum absolute atomic E-state index is 1.06. The Labute approximate surface area is 174 Å². The smallest absolute Gasteiger partial charge is 0.107 e. The van der Waals surface area contributed by atoms with Crippen LogP contribution in [-0.2, 0) is 6.42 Å². The lowest BCUT2D eigenvalue weighted by Crippen LogP contribution is -1.88. The van der Waals surface area contributed by atoms with E-state index in [4.69, 9.17) is 0 Å².